The van der Waals surface area contributed by atoms with Crippen LogP contribution in [0.4, 0.5) is 11.4 Å². The van der Waals surface area contributed by atoms with Crippen LogP contribution in [0, 0.1) is 10.1 Å². The smallest absolute Gasteiger partial charge is 0.269 e. The van der Waals surface area contributed by atoms with Crippen LogP contribution in [0.2, 0.25) is 0 Å². The van der Waals surface area contributed by atoms with Crippen LogP contribution in [-0.2, 0) is 11.3 Å². The van der Waals surface area contributed by atoms with E-state index in [-0.39, 0.29) is 11.6 Å². The van der Waals surface area contributed by atoms with Gasteiger partial charge in [-0.1, -0.05) is 0 Å². The normalized spacial score (nSPS) is 16.3. The number of non-ortho nitro benzene ring substituents is 1. The molecular formula is C12H17N5O3. The summed E-state index contributed by atoms with van der Waals surface area (Å²) in [7, 11) is 1.76. The van der Waals surface area contributed by atoms with Gasteiger partial charge in [-0.15, -0.1) is 0 Å². The van der Waals surface area contributed by atoms with E-state index in [0.29, 0.717) is 30.9 Å². The van der Waals surface area contributed by atoms with Crippen molar-refractivity contribution >= 4 is 17.3 Å². The maximum absolute atomic E-state index is 11.7. The fourth-order valence-electron chi connectivity index (χ4n) is 2.15. The predicted molar refractivity (Wildman–Crippen MR) is 73.8 cm³/mol. The predicted octanol–water partition coefficient (Wildman–Crippen LogP) is 0.154. The molecule has 0 unspecified atom stereocenters. The lowest BCUT2D eigenvalue weighted by molar-refractivity contribution is -0.384. The van der Waals surface area contributed by atoms with Gasteiger partial charge in [0.1, 0.15) is 0 Å². The first-order valence-electron chi connectivity index (χ1n) is 6.21. The quantitative estimate of drug-likeness (QED) is 0.462. The molecule has 8 heteroatoms. The second-order valence-electron chi connectivity index (χ2n) is 4.77. The van der Waals surface area contributed by atoms with Crippen molar-refractivity contribution in [2.24, 2.45) is 5.84 Å². The number of nitrogens with one attached hydrogen (secondary N) is 1. The van der Waals surface area contributed by atoms with E-state index >= 15 is 0 Å². The maximum atomic E-state index is 11.7. The van der Waals surface area contributed by atoms with Crippen molar-refractivity contribution in [2.75, 3.05) is 32.1 Å². The number of nitro groups is 1. The average Bonchev–Trinajstić information content (AvgIpc) is 2.42. The number of hydrogen-bond acceptors (Lipinski definition) is 6. The first kappa shape index (κ1) is 14.2. The van der Waals surface area contributed by atoms with Crippen molar-refractivity contribution in [3.63, 3.8) is 0 Å². The molecule has 1 fully saturated rings. The van der Waals surface area contributed by atoms with Gasteiger partial charge in [0.25, 0.3) is 5.69 Å². The number of hydrogen-bond donors (Lipinski definition) is 2. The van der Waals surface area contributed by atoms with Gasteiger partial charge in [0.05, 0.1) is 17.2 Å². The number of nitrogens with zero attached hydrogens (tertiary/aromatic N) is 3. The molecule has 0 bridgehead atoms. The summed E-state index contributed by atoms with van der Waals surface area (Å²) in [6, 6.07) is 4.46. The van der Waals surface area contributed by atoms with Crippen LogP contribution in [0.25, 0.3) is 0 Å². The van der Waals surface area contributed by atoms with E-state index in [2.05, 4.69) is 5.43 Å². The van der Waals surface area contributed by atoms with E-state index in [1.165, 1.54) is 12.1 Å². The summed E-state index contributed by atoms with van der Waals surface area (Å²) in [6.07, 6.45) is 0. The van der Waals surface area contributed by atoms with E-state index in [1.807, 2.05) is 4.90 Å². The van der Waals surface area contributed by atoms with Gasteiger partial charge in [-0.25, -0.2) is 0 Å². The van der Waals surface area contributed by atoms with Crippen LogP contribution in [0.1, 0.15) is 5.56 Å². The van der Waals surface area contributed by atoms with E-state index in [4.69, 9.17) is 5.84 Å². The number of nitrogens with two attached hydrogens (primary N) is 1. The summed E-state index contributed by atoms with van der Waals surface area (Å²) in [5.74, 6) is 5.46. The molecule has 1 aliphatic rings. The summed E-state index contributed by atoms with van der Waals surface area (Å²) in [5.41, 5.74) is 3.87. The highest BCUT2D eigenvalue weighted by Crippen LogP contribution is 2.23. The second kappa shape index (κ2) is 5.85. The highest BCUT2D eigenvalue weighted by atomic mass is 16.6. The average molecular weight is 279 g/mol. The zero-order chi connectivity index (χ0) is 14.7. The van der Waals surface area contributed by atoms with E-state index in [0.717, 1.165) is 6.54 Å². The molecule has 0 spiro atoms. The Labute approximate surface area is 116 Å². The molecule has 0 radical (unpaired) electrons. The molecule has 1 heterocycles. The van der Waals surface area contributed by atoms with Crippen LogP contribution in [0.15, 0.2) is 18.2 Å². The van der Waals surface area contributed by atoms with Gasteiger partial charge in [0.2, 0.25) is 5.91 Å². The Balaban J connectivity index is 2.17. The Hall–Kier alpha value is -2.19. The molecule has 1 amide bonds. The summed E-state index contributed by atoms with van der Waals surface area (Å²) in [6.45, 7) is 2.14. The zero-order valence-corrected chi connectivity index (χ0v) is 11.2. The molecule has 0 atom stereocenters. The lowest BCUT2D eigenvalue weighted by Crippen LogP contribution is -2.48. The first-order valence-corrected chi connectivity index (χ1v) is 6.21. The third kappa shape index (κ3) is 3.03. The third-order valence-electron chi connectivity index (χ3n) is 3.39. The van der Waals surface area contributed by atoms with E-state index in [1.54, 1.807) is 18.0 Å². The Bertz CT molecular complexity index is 534. The van der Waals surface area contributed by atoms with Crippen LogP contribution in [0.3, 0.4) is 0 Å². The monoisotopic (exact) mass is 279 g/mol. The highest BCUT2D eigenvalue weighted by Gasteiger charge is 2.22. The van der Waals surface area contributed by atoms with Gasteiger partial charge in [-0.2, -0.15) is 0 Å². The van der Waals surface area contributed by atoms with E-state index in [9.17, 15) is 14.9 Å². The summed E-state index contributed by atoms with van der Waals surface area (Å²) < 4.78 is 0. The molecule has 108 valence electrons. The Kier molecular flexibility index (Phi) is 4.16. The van der Waals surface area contributed by atoms with Crippen LogP contribution >= 0.6 is 0 Å². The van der Waals surface area contributed by atoms with Crippen molar-refractivity contribution in [1.82, 2.24) is 9.80 Å². The highest BCUT2D eigenvalue weighted by molar-refractivity contribution is 5.78. The van der Waals surface area contributed by atoms with Crippen LogP contribution in [0.5, 0.6) is 0 Å². The topological polar surface area (TPSA) is 105 Å². The fraction of sp³-hybridized carbons (Fsp3) is 0.417. The number of anilines is 1. The number of likely N-dealkylation sites (N-methyl/N-ethyl adjacent to an activating group) is 1. The van der Waals surface area contributed by atoms with E-state index < -0.39 is 4.92 Å². The minimum Gasteiger partial charge on any atom is -0.343 e. The Morgan fingerprint density at radius 3 is 2.80 bits per heavy atom. The van der Waals surface area contributed by atoms with Crippen molar-refractivity contribution in [3.8, 4) is 0 Å². The van der Waals surface area contributed by atoms with Gasteiger partial charge >= 0.3 is 0 Å². The fourth-order valence-corrected chi connectivity index (χ4v) is 2.15. The summed E-state index contributed by atoms with van der Waals surface area (Å²) >= 11 is 0. The van der Waals surface area contributed by atoms with Crippen molar-refractivity contribution in [1.29, 1.82) is 0 Å². The van der Waals surface area contributed by atoms with Crippen LogP contribution < -0.4 is 11.3 Å². The number of nitro benzene ring substituents is 1. The third-order valence-corrected chi connectivity index (χ3v) is 3.39. The van der Waals surface area contributed by atoms with Crippen molar-refractivity contribution in [3.05, 3.63) is 33.9 Å². The lowest BCUT2D eigenvalue weighted by Gasteiger charge is -2.32. The lowest BCUT2D eigenvalue weighted by atomic mass is 10.1. The molecule has 0 aliphatic carbocycles. The number of benzene rings is 1. The standard InChI is InChI=1S/C12H17N5O3/c1-15-4-5-16(8-12(15)18)7-9-6-10(17(19)20)2-3-11(9)14-13/h2-3,6,14H,4-5,7-8,13H2,1H3. The first-order chi connectivity index (χ1) is 9.51. The molecule has 8 nitrogen and oxygen atoms in total. The summed E-state index contributed by atoms with van der Waals surface area (Å²) in [4.78, 5) is 25.7. The largest absolute Gasteiger partial charge is 0.343 e. The molecule has 1 aromatic carbocycles. The number of carbonyl (C=O) groups excluding carboxylic acids is 1. The maximum Gasteiger partial charge on any atom is 0.269 e. The Morgan fingerprint density at radius 2 is 2.20 bits per heavy atom. The molecule has 1 saturated heterocycles. The number of amides is 1. The number of piperazine rings is 1. The molecule has 2 rings (SSSR count). The molecule has 1 aromatic rings. The molecule has 1 aliphatic heterocycles. The van der Waals surface area contributed by atoms with Gasteiger partial charge in [0, 0.05) is 38.8 Å². The molecule has 20 heavy (non-hydrogen) atoms. The summed E-state index contributed by atoms with van der Waals surface area (Å²) in [5, 5.41) is 10.8. The van der Waals surface area contributed by atoms with Gasteiger partial charge in [-0.05, 0) is 11.6 Å². The van der Waals surface area contributed by atoms with Crippen LogP contribution in [-0.4, -0.2) is 47.3 Å². The van der Waals surface area contributed by atoms with Crippen molar-refractivity contribution in [2.45, 2.75) is 6.54 Å². The van der Waals surface area contributed by atoms with Crippen molar-refractivity contribution < 1.29 is 9.72 Å². The Morgan fingerprint density at radius 1 is 1.45 bits per heavy atom. The van der Waals surface area contributed by atoms with Gasteiger partial charge < -0.3 is 10.3 Å². The second-order valence-corrected chi connectivity index (χ2v) is 4.77. The molecular weight excluding hydrogens is 262 g/mol. The minimum absolute atomic E-state index is 0.0134. The number of carbonyl (C=O) groups is 1. The number of rotatable bonds is 4. The molecule has 3 N–H and O–H groups in total. The number of hydrazine groups is 1. The SMILES string of the molecule is CN1CCN(Cc2cc([N+](=O)[O-])ccc2NN)CC1=O. The van der Waals surface area contributed by atoms with Gasteiger partial charge in [0.15, 0.2) is 0 Å². The molecule has 0 aromatic heterocycles. The number of nitrogen functional groups attached to an aromatic ring is 1. The minimum atomic E-state index is -0.446. The van der Waals surface area contributed by atoms with Gasteiger partial charge in [-0.3, -0.25) is 25.7 Å². The zero-order valence-electron chi connectivity index (χ0n) is 11.2. The molecule has 0 saturated carbocycles.